The van der Waals surface area contributed by atoms with Crippen molar-refractivity contribution >= 4 is 0 Å². The van der Waals surface area contributed by atoms with Gasteiger partial charge in [-0.1, -0.05) is 12.1 Å². The molecule has 1 atom stereocenters. The maximum absolute atomic E-state index is 12.6. The first-order valence-electron chi connectivity index (χ1n) is 5.12. The number of hydrogen-bond donors (Lipinski definition) is 1. The van der Waals surface area contributed by atoms with Crippen LogP contribution < -0.4 is 5.73 Å². The summed E-state index contributed by atoms with van der Waals surface area (Å²) in [5, 5.41) is 0. The molecule has 2 N–H and O–H groups in total. The monoisotopic (exact) mass is 205 g/mol. The minimum Gasteiger partial charge on any atom is -0.327 e. The molecule has 0 saturated carbocycles. The van der Waals surface area contributed by atoms with Gasteiger partial charge in [0.1, 0.15) is 5.82 Å². The van der Waals surface area contributed by atoms with E-state index in [4.69, 9.17) is 5.73 Å². The van der Waals surface area contributed by atoms with Crippen molar-refractivity contribution in [3.63, 3.8) is 0 Å². The van der Waals surface area contributed by atoms with Crippen molar-refractivity contribution in [1.82, 2.24) is 0 Å². The molecule has 0 saturated heterocycles. The van der Waals surface area contributed by atoms with Crippen molar-refractivity contribution in [3.05, 3.63) is 35.6 Å². The van der Waals surface area contributed by atoms with E-state index >= 15 is 0 Å². The highest BCUT2D eigenvalue weighted by Crippen LogP contribution is 2.07. The molecule has 0 radical (unpaired) electrons. The summed E-state index contributed by atoms with van der Waals surface area (Å²) in [4.78, 5) is 0. The van der Waals surface area contributed by atoms with Gasteiger partial charge in [0.15, 0.2) is 0 Å². The van der Waals surface area contributed by atoms with E-state index in [1.807, 2.05) is 6.92 Å². The van der Waals surface area contributed by atoms with Gasteiger partial charge < -0.3 is 5.73 Å². The molecule has 1 rings (SSSR count). The molecule has 2 heteroatoms. The highest BCUT2D eigenvalue weighted by atomic mass is 19.1. The zero-order valence-corrected chi connectivity index (χ0v) is 8.96. The first kappa shape index (κ1) is 11.7. The van der Waals surface area contributed by atoms with Crippen molar-refractivity contribution in [2.75, 3.05) is 0 Å². The van der Waals surface area contributed by atoms with Gasteiger partial charge in [0, 0.05) is 12.5 Å². The van der Waals surface area contributed by atoms with Crippen LogP contribution in [0.1, 0.15) is 25.3 Å². The minimum absolute atomic E-state index is 0.108. The summed E-state index contributed by atoms with van der Waals surface area (Å²) in [5.41, 5.74) is 7.00. The van der Waals surface area contributed by atoms with Gasteiger partial charge in [-0.2, -0.15) is 0 Å². The predicted molar refractivity (Wildman–Crippen MR) is 60.8 cm³/mol. The van der Waals surface area contributed by atoms with Gasteiger partial charge in [-0.25, -0.2) is 4.39 Å². The molecular formula is C13H16FN. The first-order chi connectivity index (χ1) is 7.22. The zero-order chi connectivity index (χ0) is 11.1. The van der Waals surface area contributed by atoms with Gasteiger partial charge in [-0.05, 0) is 37.5 Å². The molecule has 80 valence electrons. The summed E-state index contributed by atoms with van der Waals surface area (Å²) in [6.07, 6.45) is 2.50. The van der Waals surface area contributed by atoms with Crippen LogP contribution in [0.5, 0.6) is 0 Å². The number of benzene rings is 1. The van der Waals surface area contributed by atoms with Gasteiger partial charge >= 0.3 is 0 Å². The summed E-state index contributed by atoms with van der Waals surface area (Å²) in [6, 6.07) is 6.60. The van der Waals surface area contributed by atoms with Crippen LogP contribution >= 0.6 is 0 Å². The maximum atomic E-state index is 12.6. The topological polar surface area (TPSA) is 26.0 Å². The smallest absolute Gasteiger partial charge is 0.123 e. The molecule has 0 aliphatic rings. The molecule has 0 aromatic heterocycles. The van der Waals surface area contributed by atoms with E-state index in [9.17, 15) is 4.39 Å². The fourth-order valence-electron chi connectivity index (χ4n) is 1.41. The molecule has 1 aromatic rings. The normalized spacial score (nSPS) is 11.7. The molecule has 15 heavy (non-hydrogen) atoms. The Morgan fingerprint density at radius 2 is 2.00 bits per heavy atom. The lowest BCUT2D eigenvalue weighted by Crippen LogP contribution is -2.22. The molecule has 0 aliphatic carbocycles. The number of rotatable bonds is 4. The van der Waals surface area contributed by atoms with Crippen LogP contribution in [0.2, 0.25) is 0 Å². The lowest BCUT2D eigenvalue weighted by atomic mass is 10.0. The van der Waals surface area contributed by atoms with E-state index in [0.717, 1.165) is 24.8 Å². The average Bonchev–Trinajstić information content (AvgIpc) is 2.22. The Kier molecular flexibility index (Phi) is 4.86. The Bertz CT molecular complexity index is 345. The van der Waals surface area contributed by atoms with Crippen molar-refractivity contribution in [3.8, 4) is 11.8 Å². The Balaban J connectivity index is 2.39. The van der Waals surface area contributed by atoms with Crippen molar-refractivity contribution < 1.29 is 4.39 Å². The van der Waals surface area contributed by atoms with Crippen molar-refractivity contribution in [2.45, 2.75) is 32.2 Å². The van der Waals surface area contributed by atoms with Crippen LogP contribution in [-0.2, 0) is 6.42 Å². The molecule has 1 nitrogen and oxygen atoms in total. The van der Waals surface area contributed by atoms with E-state index in [1.165, 1.54) is 12.1 Å². The van der Waals surface area contributed by atoms with E-state index in [1.54, 1.807) is 12.1 Å². The van der Waals surface area contributed by atoms with Crippen LogP contribution in [-0.4, -0.2) is 6.04 Å². The Morgan fingerprint density at radius 1 is 1.33 bits per heavy atom. The maximum Gasteiger partial charge on any atom is 0.123 e. The highest BCUT2D eigenvalue weighted by molar-refractivity contribution is 5.17. The van der Waals surface area contributed by atoms with Crippen LogP contribution in [0.15, 0.2) is 24.3 Å². The summed E-state index contributed by atoms with van der Waals surface area (Å²) >= 11 is 0. The molecule has 1 unspecified atom stereocenters. The first-order valence-corrected chi connectivity index (χ1v) is 5.12. The van der Waals surface area contributed by atoms with Crippen LogP contribution in [0.3, 0.4) is 0 Å². The lowest BCUT2D eigenvalue weighted by Gasteiger charge is -2.09. The second-order valence-electron chi connectivity index (χ2n) is 3.56. The molecule has 0 fully saturated rings. The van der Waals surface area contributed by atoms with Gasteiger partial charge in [-0.3, -0.25) is 0 Å². The van der Waals surface area contributed by atoms with Crippen LogP contribution in [0.25, 0.3) is 0 Å². The van der Waals surface area contributed by atoms with Gasteiger partial charge in [-0.15, -0.1) is 11.8 Å². The number of halogens is 1. The summed E-state index contributed by atoms with van der Waals surface area (Å²) < 4.78 is 12.6. The minimum atomic E-state index is -0.204. The highest BCUT2D eigenvalue weighted by Gasteiger charge is 2.03. The van der Waals surface area contributed by atoms with Gasteiger partial charge in [0.25, 0.3) is 0 Å². The quantitative estimate of drug-likeness (QED) is 0.751. The van der Waals surface area contributed by atoms with Crippen LogP contribution in [0, 0.1) is 17.7 Å². The fraction of sp³-hybridized carbons (Fsp3) is 0.385. The summed E-state index contributed by atoms with van der Waals surface area (Å²) in [7, 11) is 0. The largest absolute Gasteiger partial charge is 0.327 e. The molecule has 1 aromatic carbocycles. The third-order valence-electron chi connectivity index (χ3n) is 2.23. The molecule has 0 bridgehead atoms. The standard InChI is InChI=1S/C13H16FN/c1-2-3-4-5-13(15)10-11-6-8-12(14)9-7-11/h6-9,13H,4-5,10,15H2,1H3. The number of hydrogen-bond acceptors (Lipinski definition) is 1. The Morgan fingerprint density at radius 3 is 2.60 bits per heavy atom. The SMILES string of the molecule is CC#CCCC(N)Cc1ccc(F)cc1. The molecule has 0 aliphatic heterocycles. The Hall–Kier alpha value is -1.33. The third kappa shape index (κ3) is 4.62. The second kappa shape index (κ2) is 6.21. The van der Waals surface area contributed by atoms with Gasteiger partial charge in [0.2, 0.25) is 0 Å². The van der Waals surface area contributed by atoms with E-state index in [-0.39, 0.29) is 11.9 Å². The average molecular weight is 205 g/mol. The Labute approximate surface area is 90.5 Å². The summed E-state index contributed by atoms with van der Waals surface area (Å²) in [5.74, 6) is 5.62. The third-order valence-corrected chi connectivity index (χ3v) is 2.23. The van der Waals surface area contributed by atoms with Crippen molar-refractivity contribution in [1.29, 1.82) is 0 Å². The zero-order valence-electron chi connectivity index (χ0n) is 8.96. The van der Waals surface area contributed by atoms with Crippen molar-refractivity contribution in [2.24, 2.45) is 5.73 Å². The summed E-state index contributed by atoms with van der Waals surface area (Å²) in [6.45, 7) is 1.82. The van der Waals surface area contributed by atoms with E-state index in [0.29, 0.717) is 0 Å². The molecule has 0 amide bonds. The molecule has 0 heterocycles. The second-order valence-corrected chi connectivity index (χ2v) is 3.56. The molecule has 0 spiro atoms. The fourth-order valence-corrected chi connectivity index (χ4v) is 1.41. The van der Waals surface area contributed by atoms with Gasteiger partial charge in [0.05, 0.1) is 0 Å². The van der Waals surface area contributed by atoms with Crippen LogP contribution in [0.4, 0.5) is 4.39 Å². The van der Waals surface area contributed by atoms with E-state index in [2.05, 4.69) is 11.8 Å². The van der Waals surface area contributed by atoms with E-state index < -0.39 is 0 Å². The number of nitrogens with two attached hydrogens (primary N) is 1. The lowest BCUT2D eigenvalue weighted by molar-refractivity contribution is 0.613. The molecular weight excluding hydrogens is 189 g/mol. The predicted octanol–water partition coefficient (Wildman–Crippen LogP) is 2.50.